The quantitative estimate of drug-likeness (QED) is 0.864. The second-order valence-electron chi connectivity index (χ2n) is 8.83. The van der Waals surface area contributed by atoms with E-state index in [4.69, 9.17) is 4.74 Å². The first-order chi connectivity index (χ1) is 10.7. The van der Waals surface area contributed by atoms with Crippen LogP contribution in [0.3, 0.4) is 0 Å². The minimum absolute atomic E-state index is 0.146. The van der Waals surface area contributed by atoms with Crippen LogP contribution in [0.2, 0.25) is 0 Å². The SMILES string of the molecule is CC(NC1C2CN(C(=O)OC(C)(C)C)CC21)C1CCN(C)CC1. The monoisotopic (exact) mass is 323 g/mol. The second kappa shape index (κ2) is 6.25. The molecule has 2 saturated heterocycles. The van der Waals surface area contributed by atoms with Gasteiger partial charge in [0.05, 0.1) is 0 Å². The highest BCUT2D eigenvalue weighted by molar-refractivity contribution is 5.69. The van der Waals surface area contributed by atoms with E-state index in [0.29, 0.717) is 23.9 Å². The molecule has 132 valence electrons. The van der Waals surface area contributed by atoms with E-state index in [1.165, 1.54) is 25.9 Å². The van der Waals surface area contributed by atoms with Gasteiger partial charge < -0.3 is 19.9 Å². The topological polar surface area (TPSA) is 44.8 Å². The molecule has 23 heavy (non-hydrogen) atoms. The van der Waals surface area contributed by atoms with Crippen LogP contribution < -0.4 is 5.32 Å². The predicted octanol–water partition coefficient (Wildman–Crippen LogP) is 2.17. The molecule has 0 spiro atoms. The van der Waals surface area contributed by atoms with Gasteiger partial charge in [-0.1, -0.05) is 0 Å². The molecule has 0 radical (unpaired) electrons. The Kier molecular flexibility index (Phi) is 4.62. The van der Waals surface area contributed by atoms with E-state index in [0.717, 1.165) is 19.0 Å². The fraction of sp³-hybridized carbons (Fsp3) is 0.944. The van der Waals surface area contributed by atoms with Gasteiger partial charge in [-0.05, 0) is 78.4 Å². The van der Waals surface area contributed by atoms with Crippen molar-refractivity contribution < 1.29 is 9.53 Å². The van der Waals surface area contributed by atoms with Crippen molar-refractivity contribution in [2.45, 2.75) is 58.2 Å². The molecule has 0 aromatic carbocycles. The van der Waals surface area contributed by atoms with E-state index in [2.05, 4.69) is 24.2 Å². The number of hydrogen-bond acceptors (Lipinski definition) is 4. The summed E-state index contributed by atoms with van der Waals surface area (Å²) in [6, 6.07) is 1.21. The summed E-state index contributed by atoms with van der Waals surface area (Å²) in [4.78, 5) is 16.4. The highest BCUT2D eigenvalue weighted by atomic mass is 16.6. The lowest BCUT2D eigenvalue weighted by molar-refractivity contribution is 0.0268. The van der Waals surface area contributed by atoms with Crippen molar-refractivity contribution in [3.63, 3.8) is 0 Å². The van der Waals surface area contributed by atoms with Crippen LogP contribution in [0.25, 0.3) is 0 Å². The first kappa shape index (κ1) is 17.0. The molecule has 2 heterocycles. The summed E-state index contributed by atoms with van der Waals surface area (Å²) in [5.74, 6) is 2.07. The van der Waals surface area contributed by atoms with Crippen molar-refractivity contribution in [1.82, 2.24) is 15.1 Å². The van der Waals surface area contributed by atoms with Crippen LogP contribution in [0.4, 0.5) is 4.79 Å². The molecule has 0 aromatic rings. The number of piperidine rings is 2. The van der Waals surface area contributed by atoms with Crippen LogP contribution in [0.1, 0.15) is 40.5 Å². The Bertz CT molecular complexity index is 428. The summed E-state index contributed by atoms with van der Waals surface area (Å²) < 4.78 is 5.47. The van der Waals surface area contributed by atoms with Gasteiger partial charge in [0.25, 0.3) is 0 Å². The number of carbonyl (C=O) groups is 1. The average molecular weight is 323 g/mol. The van der Waals surface area contributed by atoms with Gasteiger partial charge in [-0.15, -0.1) is 0 Å². The Hall–Kier alpha value is -0.810. The van der Waals surface area contributed by atoms with Crippen molar-refractivity contribution in [2.24, 2.45) is 17.8 Å². The minimum Gasteiger partial charge on any atom is -0.444 e. The zero-order valence-electron chi connectivity index (χ0n) is 15.3. The van der Waals surface area contributed by atoms with E-state index in [1.54, 1.807) is 0 Å². The zero-order valence-corrected chi connectivity index (χ0v) is 15.3. The number of likely N-dealkylation sites (tertiary alicyclic amines) is 2. The van der Waals surface area contributed by atoms with Gasteiger partial charge in [-0.25, -0.2) is 4.79 Å². The highest BCUT2D eigenvalue weighted by Crippen LogP contribution is 2.46. The summed E-state index contributed by atoms with van der Waals surface area (Å²) in [5, 5.41) is 3.85. The van der Waals surface area contributed by atoms with Gasteiger partial charge in [0.2, 0.25) is 0 Å². The maximum absolute atomic E-state index is 12.1. The van der Waals surface area contributed by atoms with Crippen LogP contribution in [-0.4, -0.2) is 66.8 Å². The number of hydrogen-bond donors (Lipinski definition) is 1. The van der Waals surface area contributed by atoms with Gasteiger partial charge in [-0.2, -0.15) is 0 Å². The molecule has 3 unspecified atom stereocenters. The summed E-state index contributed by atoms with van der Waals surface area (Å²) >= 11 is 0. The maximum Gasteiger partial charge on any atom is 0.410 e. The van der Waals surface area contributed by atoms with Crippen molar-refractivity contribution >= 4 is 6.09 Å². The number of carbonyl (C=O) groups excluding carboxylic acids is 1. The molecule has 3 fully saturated rings. The largest absolute Gasteiger partial charge is 0.444 e. The minimum atomic E-state index is -0.399. The summed E-state index contributed by atoms with van der Waals surface area (Å²) in [6.45, 7) is 12.3. The van der Waals surface area contributed by atoms with Crippen molar-refractivity contribution in [1.29, 1.82) is 0 Å². The molecule has 2 aliphatic heterocycles. The number of fused-ring (bicyclic) bond motifs is 1. The second-order valence-corrected chi connectivity index (χ2v) is 8.83. The van der Waals surface area contributed by atoms with Crippen LogP contribution in [0.5, 0.6) is 0 Å². The highest BCUT2D eigenvalue weighted by Gasteiger charge is 2.57. The van der Waals surface area contributed by atoms with Crippen LogP contribution in [-0.2, 0) is 4.74 Å². The van der Waals surface area contributed by atoms with Crippen LogP contribution in [0, 0.1) is 17.8 Å². The van der Waals surface area contributed by atoms with Crippen molar-refractivity contribution in [2.75, 3.05) is 33.2 Å². The summed E-state index contributed by atoms with van der Waals surface area (Å²) in [5.41, 5.74) is -0.399. The van der Waals surface area contributed by atoms with E-state index in [9.17, 15) is 4.79 Å². The van der Waals surface area contributed by atoms with E-state index < -0.39 is 5.60 Å². The standard InChI is InChI=1S/C18H33N3O2/c1-12(13-6-8-20(5)9-7-13)19-16-14-10-21(11-15(14)16)17(22)23-18(2,3)4/h12-16,19H,6-11H2,1-5H3. The maximum atomic E-state index is 12.1. The molecule has 0 aromatic heterocycles. The predicted molar refractivity (Wildman–Crippen MR) is 91.4 cm³/mol. The molecule has 3 aliphatic rings. The van der Waals surface area contributed by atoms with Crippen molar-refractivity contribution in [3.05, 3.63) is 0 Å². The number of ether oxygens (including phenoxy) is 1. The number of nitrogens with zero attached hydrogens (tertiary/aromatic N) is 2. The Morgan fingerprint density at radius 3 is 2.26 bits per heavy atom. The van der Waals surface area contributed by atoms with E-state index in [1.807, 2.05) is 25.7 Å². The van der Waals surface area contributed by atoms with E-state index >= 15 is 0 Å². The molecule has 1 amide bonds. The molecule has 0 bridgehead atoms. The molecule has 5 heteroatoms. The summed E-state index contributed by atoms with van der Waals surface area (Å²) in [7, 11) is 2.21. The average Bonchev–Trinajstić information content (AvgIpc) is 2.90. The number of rotatable bonds is 3. The fourth-order valence-corrected chi connectivity index (χ4v) is 4.22. The Labute approximate surface area is 140 Å². The first-order valence-corrected chi connectivity index (χ1v) is 9.17. The molecule has 3 atom stereocenters. The molecule has 1 N–H and O–H groups in total. The molecular weight excluding hydrogens is 290 g/mol. The lowest BCUT2D eigenvalue weighted by Gasteiger charge is -2.34. The molecule has 3 rings (SSSR count). The van der Waals surface area contributed by atoms with E-state index in [-0.39, 0.29) is 6.09 Å². The van der Waals surface area contributed by atoms with Gasteiger partial charge in [0.1, 0.15) is 5.60 Å². The summed E-state index contributed by atoms with van der Waals surface area (Å²) in [6.07, 6.45) is 2.46. The molecule has 1 saturated carbocycles. The van der Waals surface area contributed by atoms with Crippen LogP contribution >= 0.6 is 0 Å². The fourth-order valence-electron chi connectivity index (χ4n) is 4.22. The normalized spacial score (nSPS) is 33.4. The third kappa shape index (κ3) is 4.00. The number of nitrogens with one attached hydrogen (secondary N) is 1. The van der Waals surface area contributed by atoms with Crippen LogP contribution in [0.15, 0.2) is 0 Å². The smallest absolute Gasteiger partial charge is 0.410 e. The third-order valence-electron chi connectivity index (χ3n) is 5.77. The van der Waals surface area contributed by atoms with Gasteiger partial charge >= 0.3 is 6.09 Å². The molecule has 5 nitrogen and oxygen atoms in total. The van der Waals surface area contributed by atoms with Gasteiger partial charge in [-0.3, -0.25) is 0 Å². The van der Waals surface area contributed by atoms with Gasteiger partial charge in [0, 0.05) is 25.2 Å². The first-order valence-electron chi connectivity index (χ1n) is 9.17. The lowest BCUT2D eigenvalue weighted by Crippen LogP contribution is -2.44. The Morgan fingerprint density at radius 2 is 1.74 bits per heavy atom. The Morgan fingerprint density at radius 1 is 1.17 bits per heavy atom. The number of amides is 1. The molecule has 1 aliphatic carbocycles. The zero-order chi connectivity index (χ0) is 16.8. The van der Waals surface area contributed by atoms with Gasteiger partial charge in [0.15, 0.2) is 0 Å². The lowest BCUT2D eigenvalue weighted by atomic mass is 9.90. The third-order valence-corrected chi connectivity index (χ3v) is 5.77. The molecular formula is C18H33N3O2. The van der Waals surface area contributed by atoms with Crippen molar-refractivity contribution in [3.8, 4) is 0 Å². The Balaban J connectivity index is 1.41.